The van der Waals surface area contributed by atoms with Gasteiger partial charge in [-0.2, -0.15) is 10.4 Å². The van der Waals surface area contributed by atoms with Gasteiger partial charge in [0.05, 0.1) is 28.9 Å². The van der Waals surface area contributed by atoms with E-state index in [4.69, 9.17) is 16.0 Å². The molecule has 0 aliphatic heterocycles. The monoisotopic (exact) mass is 470 g/mol. The summed E-state index contributed by atoms with van der Waals surface area (Å²) >= 11 is 5.94. The first-order chi connectivity index (χ1) is 16.4. The van der Waals surface area contributed by atoms with Crippen molar-refractivity contribution in [2.24, 2.45) is 0 Å². The lowest BCUT2D eigenvalue weighted by Gasteiger charge is -2.19. The molecule has 0 radical (unpaired) electrons. The fourth-order valence-corrected chi connectivity index (χ4v) is 4.23. The summed E-state index contributed by atoms with van der Waals surface area (Å²) in [6.45, 7) is 5.60. The van der Waals surface area contributed by atoms with Crippen LogP contribution in [0.2, 0.25) is 5.15 Å². The smallest absolute Gasteiger partial charge is 0.196 e. The lowest BCUT2D eigenvalue weighted by molar-refractivity contribution is 0.606. The summed E-state index contributed by atoms with van der Waals surface area (Å²) in [5, 5.41) is 17.8. The molecule has 1 aromatic carbocycles. The molecule has 0 spiro atoms. The number of pyridine rings is 1. The SMILES string of the molecule is Cc1cc([C@@H](C)Nc2ccc(Cl)nc2C#N)c2oc(-c3cnn4cccnc34)c(C)c(=O)c2c1. The van der Waals surface area contributed by atoms with Crippen LogP contribution in [0.15, 0.2) is 58.1 Å². The number of halogens is 1. The molecule has 0 saturated carbocycles. The van der Waals surface area contributed by atoms with E-state index in [-0.39, 0.29) is 22.3 Å². The van der Waals surface area contributed by atoms with Gasteiger partial charge >= 0.3 is 0 Å². The molecule has 5 rings (SSSR count). The lowest BCUT2D eigenvalue weighted by atomic mass is 9.99. The van der Waals surface area contributed by atoms with Crippen molar-refractivity contribution in [2.75, 3.05) is 5.32 Å². The van der Waals surface area contributed by atoms with E-state index in [9.17, 15) is 10.1 Å². The van der Waals surface area contributed by atoms with Crippen LogP contribution in [0.25, 0.3) is 27.9 Å². The zero-order valence-corrected chi connectivity index (χ0v) is 19.4. The Morgan fingerprint density at radius 3 is 2.88 bits per heavy atom. The Kier molecular flexibility index (Phi) is 5.27. The number of benzene rings is 1. The second kappa shape index (κ2) is 8.28. The Morgan fingerprint density at radius 2 is 2.09 bits per heavy atom. The maximum atomic E-state index is 13.4. The van der Waals surface area contributed by atoms with E-state index in [2.05, 4.69) is 26.5 Å². The first-order valence-corrected chi connectivity index (χ1v) is 10.9. The minimum atomic E-state index is -0.307. The van der Waals surface area contributed by atoms with Crippen LogP contribution in [0, 0.1) is 25.2 Å². The first kappa shape index (κ1) is 21.6. The second-order valence-electron chi connectivity index (χ2n) is 8.07. The average molecular weight is 471 g/mol. The zero-order chi connectivity index (χ0) is 24.0. The second-order valence-corrected chi connectivity index (χ2v) is 8.46. The molecule has 5 aromatic rings. The van der Waals surface area contributed by atoms with Gasteiger partial charge in [0.15, 0.2) is 16.8 Å². The summed E-state index contributed by atoms with van der Waals surface area (Å²) in [5.41, 5.74) is 4.49. The predicted molar refractivity (Wildman–Crippen MR) is 130 cm³/mol. The molecule has 1 N–H and O–H groups in total. The molecule has 168 valence electrons. The Hall–Kier alpha value is -4.22. The van der Waals surface area contributed by atoms with E-state index in [0.29, 0.717) is 39.2 Å². The van der Waals surface area contributed by atoms with Gasteiger partial charge in [-0.15, -0.1) is 0 Å². The maximum absolute atomic E-state index is 13.4. The van der Waals surface area contributed by atoms with Crippen LogP contribution in [0.3, 0.4) is 0 Å². The van der Waals surface area contributed by atoms with Crippen molar-refractivity contribution < 1.29 is 4.42 Å². The van der Waals surface area contributed by atoms with Gasteiger partial charge in [-0.1, -0.05) is 17.7 Å². The Bertz CT molecular complexity index is 1680. The van der Waals surface area contributed by atoms with Crippen molar-refractivity contribution in [1.29, 1.82) is 5.26 Å². The third-order valence-corrected chi connectivity index (χ3v) is 5.93. The van der Waals surface area contributed by atoms with Crippen molar-refractivity contribution in [3.63, 3.8) is 0 Å². The highest BCUT2D eigenvalue weighted by Gasteiger charge is 2.21. The fraction of sp³-hybridized carbons (Fsp3) is 0.160. The number of aromatic nitrogens is 4. The summed E-state index contributed by atoms with van der Waals surface area (Å²) < 4.78 is 8.05. The number of anilines is 1. The molecular weight excluding hydrogens is 452 g/mol. The molecule has 1 atom stereocenters. The Morgan fingerprint density at radius 1 is 1.26 bits per heavy atom. The molecule has 4 aromatic heterocycles. The van der Waals surface area contributed by atoms with Gasteiger partial charge in [-0.05, 0) is 50.6 Å². The largest absolute Gasteiger partial charge is 0.455 e. The van der Waals surface area contributed by atoms with E-state index >= 15 is 0 Å². The number of nitrogens with one attached hydrogen (secondary N) is 1. The van der Waals surface area contributed by atoms with Crippen molar-refractivity contribution in [2.45, 2.75) is 26.8 Å². The molecule has 34 heavy (non-hydrogen) atoms. The molecular formula is C25H19ClN6O2. The summed E-state index contributed by atoms with van der Waals surface area (Å²) in [7, 11) is 0. The van der Waals surface area contributed by atoms with Gasteiger partial charge in [0.2, 0.25) is 0 Å². The standard InChI is InChI=1S/C25H19ClN6O2/c1-13-9-16(15(3)30-19-5-6-21(26)31-20(19)11-27)24-17(10-13)22(33)14(2)23(34-24)18-12-29-32-8-4-7-28-25(18)32/h4-10,12,15,30H,1-3H3/t15-/m1/s1. The van der Waals surface area contributed by atoms with Crippen LogP contribution in [-0.2, 0) is 0 Å². The van der Waals surface area contributed by atoms with Gasteiger partial charge in [-0.3, -0.25) is 4.79 Å². The van der Waals surface area contributed by atoms with Gasteiger partial charge in [-0.25, -0.2) is 14.5 Å². The minimum absolute atomic E-state index is 0.116. The van der Waals surface area contributed by atoms with Crippen molar-refractivity contribution in [3.8, 4) is 17.4 Å². The maximum Gasteiger partial charge on any atom is 0.196 e. The van der Waals surface area contributed by atoms with E-state index in [1.807, 2.05) is 26.0 Å². The summed E-state index contributed by atoms with van der Waals surface area (Å²) in [6, 6.07) is 10.6. The number of nitriles is 1. The third kappa shape index (κ3) is 3.56. The molecule has 0 amide bonds. The minimum Gasteiger partial charge on any atom is -0.455 e. The number of rotatable bonds is 4. The molecule has 0 bridgehead atoms. The molecule has 4 heterocycles. The molecule has 0 fully saturated rings. The Balaban J connectivity index is 1.70. The normalized spacial score (nSPS) is 12.1. The quantitative estimate of drug-likeness (QED) is 0.359. The third-order valence-electron chi connectivity index (χ3n) is 5.72. The van der Waals surface area contributed by atoms with Crippen molar-refractivity contribution in [1.82, 2.24) is 19.6 Å². The highest BCUT2D eigenvalue weighted by molar-refractivity contribution is 6.29. The lowest BCUT2D eigenvalue weighted by Crippen LogP contribution is -2.13. The van der Waals surface area contributed by atoms with Crippen LogP contribution in [0.5, 0.6) is 0 Å². The van der Waals surface area contributed by atoms with Gasteiger partial charge < -0.3 is 9.73 Å². The van der Waals surface area contributed by atoms with Crippen LogP contribution in [-0.4, -0.2) is 19.6 Å². The van der Waals surface area contributed by atoms with Crippen molar-refractivity contribution >= 4 is 33.9 Å². The van der Waals surface area contributed by atoms with Gasteiger partial charge in [0.1, 0.15) is 22.6 Å². The van der Waals surface area contributed by atoms with E-state index in [1.165, 1.54) is 0 Å². The Labute approximate surface area is 199 Å². The highest BCUT2D eigenvalue weighted by atomic mass is 35.5. The molecule has 9 heteroatoms. The molecule has 0 unspecified atom stereocenters. The molecule has 8 nitrogen and oxygen atoms in total. The van der Waals surface area contributed by atoms with E-state index in [0.717, 1.165) is 11.1 Å². The highest BCUT2D eigenvalue weighted by Crippen LogP contribution is 2.33. The number of nitrogens with zero attached hydrogens (tertiary/aromatic N) is 5. The fourth-order valence-electron chi connectivity index (χ4n) is 4.08. The van der Waals surface area contributed by atoms with E-state index < -0.39 is 0 Å². The summed E-state index contributed by atoms with van der Waals surface area (Å²) in [6.07, 6.45) is 5.10. The van der Waals surface area contributed by atoms with Crippen LogP contribution in [0.4, 0.5) is 5.69 Å². The van der Waals surface area contributed by atoms with Crippen LogP contribution < -0.4 is 10.7 Å². The topological polar surface area (TPSA) is 109 Å². The number of aryl methyl sites for hydroxylation is 1. The van der Waals surface area contributed by atoms with E-state index in [1.54, 1.807) is 48.2 Å². The summed E-state index contributed by atoms with van der Waals surface area (Å²) in [4.78, 5) is 21.9. The van der Waals surface area contributed by atoms with Crippen LogP contribution in [0.1, 0.15) is 35.3 Å². The number of hydrogen-bond donors (Lipinski definition) is 1. The zero-order valence-electron chi connectivity index (χ0n) is 18.6. The molecule has 0 aliphatic rings. The van der Waals surface area contributed by atoms with Gasteiger partial charge in [0, 0.05) is 23.5 Å². The van der Waals surface area contributed by atoms with Crippen molar-refractivity contribution in [3.05, 3.63) is 86.7 Å². The summed E-state index contributed by atoms with van der Waals surface area (Å²) in [5.74, 6) is 0.425. The number of fused-ring (bicyclic) bond motifs is 2. The van der Waals surface area contributed by atoms with Gasteiger partial charge in [0.25, 0.3) is 0 Å². The number of hydrogen-bond acceptors (Lipinski definition) is 7. The average Bonchev–Trinajstić information content (AvgIpc) is 3.26. The predicted octanol–water partition coefficient (Wildman–Crippen LogP) is 5.21. The van der Waals surface area contributed by atoms with Crippen LogP contribution >= 0.6 is 11.6 Å². The molecule has 0 aliphatic carbocycles. The molecule has 0 saturated heterocycles. The first-order valence-electron chi connectivity index (χ1n) is 10.6.